The molecule has 0 amide bonds. The van der Waals surface area contributed by atoms with E-state index in [0.29, 0.717) is 11.9 Å². The van der Waals surface area contributed by atoms with Crippen LogP contribution in [0.2, 0.25) is 0 Å². The molecule has 19 heavy (non-hydrogen) atoms. The number of hydrogen-bond acceptors (Lipinski definition) is 2. The van der Waals surface area contributed by atoms with E-state index in [1.54, 1.807) is 0 Å². The molecule has 0 radical (unpaired) electrons. The lowest BCUT2D eigenvalue weighted by atomic mass is 10.1. The lowest BCUT2D eigenvalue weighted by Crippen LogP contribution is -2.27. The normalized spacial score (nSPS) is 14.8. The summed E-state index contributed by atoms with van der Waals surface area (Å²) in [5, 5.41) is 2.49. The first-order chi connectivity index (χ1) is 9.33. The number of fused-ring (bicyclic) bond motifs is 1. The van der Waals surface area contributed by atoms with Gasteiger partial charge in [0.15, 0.2) is 0 Å². The van der Waals surface area contributed by atoms with Crippen LogP contribution in [0.4, 0.5) is 5.82 Å². The van der Waals surface area contributed by atoms with Crippen LogP contribution in [0.5, 0.6) is 0 Å². The topological polar surface area (TPSA) is 16.1 Å². The van der Waals surface area contributed by atoms with Crippen LogP contribution in [0.15, 0.2) is 30.3 Å². The molecule has 0 atom stereocenters. The van der Waals surface area contributed by atoms with E-state index in [9.17, 15) is 0 Å². The molecule has 1 aliphatic carbocycles. The maximum atomic E-state index is 6.00. The Morgan fingerprint density at radius 2 is 2.11 bits per heavy atom. The second-order valence-corrected chi connectivity index (χ2v) is 5.48. The van der Waals surface area contributed by atoms with Crippen molar-refractivity contribution in [2.75, 3.05) is 11.4 Å². The molecule has 0 N–H and O–H groups in total. The first-order valence-electron chi connectivity index (χ1n) is 7.04. The number of hydrogen-bond donors (Lipinski definition) is 0. The molecule has 1 fully saturated rings. The van der Waals surface area contributed by atoms with Crippen LogP contribution in [0.1, 0.15) is 31.9 Å². The highest BCUT2D eigenvalue weighted by Crippen LogP contribution is 2.35. The summed E-state index contributed by atoms with van der Waals surface area (Å²) in [4.78, 5) is 7.26. The molecule has 1 aromatic carbocycles. The van der Waals surface area contributed by atoms with E-state index >= 15 is 0 Å². The van der Waals surface area contributed by atoms with E-state index in [1.165, 1.54) is 23.6 Å². The molecule has 1 saturated carbocycles. The van der Waals surface area contributed by atoms with Crippen LogP contribution in [0.25, 0.3) is 10.8 Å². The third kappa shape index (κ3) is 2.55. The molecule has 0 saturated heterocycles. The summed E-state index contributed by atoms with van der Waals surface area (Å²) >= 11 is 6.00. The molecule has 1 aromatic heterocycles. The molecule has 2 nitrogen and oxygen atoms in total. The lowest BCUT2D eigenvalue weighted by molar-refractivity contribution is 0.752. The van der Waals surface area contributed by atoms with Crippen LogP contribution in [-0.2, 0) is 5.88 Å². The summed E-state index contributed by atoms with van der Waals surface area (Å²) in [5.41, 5.74) is 0.970. The maximum absolute atomic E-state index is 6.00. The zero-order valence-electron chi connectivity index (χ0n) is 11.3. The number of alkyl halides is 1. The first kappa shape index (κ1) is 12.7. The molecule has 3 heteroatoms. The molecule has 1 heterocycles. The molecule has 0 bridgehead atoms. The minimum Gasteiger partial charge on any atom is -0.353 e. The van der Waals surface area contributed by atoms with Gasteiger partial charge in [0.1, 0.15) is 5.82 Å². The fourth-order valence-corrected chi connectivity index (χ4v) is 2.75. The van der Waals surface area contributed by atoms with Crippen molar-refractivity contribution in [3.63, 3.8) is 0 Å². The molecule has 0 aliphatic heterocycles. The van der Waals surface area contributed by atoms with Gasteiger partial charge in [-0.2, -0.15) is 0 Å². The quantitative estimate of drug-likeness (QED) is 0.754. The van der Waals surface area contributed by atoms with Crippen molar-refractivity contribution in [2.24, 2.45) is 0 Å². The molecular weight excluding hydrogens is 256 g/mol. The van der Waals surface area contributed by atoms with Crippen molar-refractivity contribution >= 4 is 28.2 Å². The Bertz CT molecular complexity index is 578. The van der Waals surface area contributed by atoms with Crippen molar-refractivity contribution < 1.29 is 0 Å². The zero-order chi connectivity index (χ0) is 13.2. The number of rotatable bonds is 5. The molecular formula is C16H19ClN2. The highest BCUT2D eigenvalue weighted by atomic mass is 35.5. The van der Waals surface area contributed by atoms with Gasteiger partial charge in [-0.15, -0.1) is 11.6 Å². The second-order valence-electron chi connectivity index (χ2n) is 5.22. The summed E-state index contributed by atoms with van der Waals surface area (Å²) in [5.74, 6) is 1.60. The molecule has 3 rings (SSSR count). The third-order valence-electron chi connectivity index (χ3n) is 3.63. The first-order valence-corrected chi connectivity index (χ1v) is 7.58. The van der Waals surface area contributed by atoms with Gasteiger partial charge in [-0.05, 0) is 30.7 Å². The number of nitrogens with zero attached hydrogens (tertiary/aromatic N) is 2. The fraction of sp³-hybridized carbons (Fsp3) is 0.438. The lowest BCUT2D eigenvalue weighted by Gasteiger charge is -2.25. The maximum Gasteiger partial charge on any atom is 0.137 e. The van der Waals surface area contributed by atoms with Crippen LogP contribution in [-0.4, -0.2) is 17.6 Å². The average molecular weight is 275 g/mol. The highest BCUT2D eigenvalue weighted by molar-refractivity contribution is 6.17. The van der Waals surface area contributed by atoms with Gasteiger partial charge in [-0.1, -0.05) is 31.2 Å². The number of pyridine rings is 1. The largest absolute Gasteiger partial charge is 0.353 e. The van der Waals surface area contributed by atoms with Crippen LogP contribution < -0.4 is 4.90 Å². The van der Waals surface area contributed by atoms with Crippen molar-refractivity contribution in [1.82, 2.24) is 4.98 Å². The zero-order valence-corrected chi connectivity index (χ0v) is 12.0. The van der Waals surface area contributed by atoms with Crippen molar-refractivity contribution in [3.8, 4) is 0 Å². The summed E-state index contributed by atoms with van der Waals surface area (Å²) in [7, 11) is 0. The Morgan fingerprint density at radius 3 is 2.79 bits per heavy atom. The Kier molecular flexibility index (Phi) is 3.61. The predicted molar refractivity (Wildman–Crippen MR) is 82.0 cm³/mol. The number of benzene rings is 1. The van der Waals surface area contributed by atoms with Crippen LogP contribution in [0.3, 0.4) is 0 Å². The van der Waals surface area contributed by atoms with Gasteiger partial charge in [-0.3, -0.25) is 0 Å². The van der Waals surface area contributed by atoms with E-state index in [-0.39, 0.29) is 0 Å². The van der Waals surface area contributed by atoms with Gasteiger partial charge in [0, 0.05) is 18.0 Å². The van der Waals surface area contributed by atoms with E-state index in [4.69, 9.17) is 16.6 Å². The minimum absolute atomic E-state index is 0.475. The molecule has 1 aliphatic rings. The number of halogens is 1. The van der Waals surface area contributed by atoms with Crippen molar-refractivity contribution in [3.05, 3.63) is 36.0 Å². The summed E-state index contributed by atoms with van der Waals surface area (Å²) in [6.45, 7) is 3.30. The smallest absolute Gasteiger partial charge is 0.137 e. The summed E-state index contributed by atoms with van der Waals surface area (Å²) in [6, 6.07) is 11.3. The minimum atomic E-state index is 0.475. The Morgan fingerprint density at radius 1 is 1.32 bits per heavy atom. The molecule has 2 aromatic rings. The van der Waals surface area contributed by atoms with Gasteiger partial charge in [-0.25, -0.2) is 4.98 Å². The Hall–Kier alpha value is -1.28. The Labute approximate surface area is 119 Å². The molecule has 0 unspecified atom stereocenters. The van der Waals surface area contributed by atoms with Gasteiger partial charge in [0.25, 0.3) is 0 Å². The summed E-state index contributed by atoms with van der Waals surface area (Å²) < 4.78 is 0. The van der Waals surface area contributed by atoms with Gasteiger partial charge >= 0.3 is 0 Å². The second kappa shape index (κ2) is 5.38. The molecule has 100 valence electrons. The molecule has 0 spiro atoms. The standard InChI is InChI=1S/C16H19ClN2/c1-2-9-19(14-7-8-14)16-15-6-4-3-5-12(15)10-13(11-17)18-16/h3-6,10,14H,2,7-9,11H2,1H3. The fourth-order valence-electron chi connectivity index (χ4n) is 2.61. The monoisotopic (exact) mass is 274 g/mol. The highest BCUT2D eigenvalue weighted by Gasteiger charge is 2.30. The van der Waals surface area contributed by atoms with Crippen LogP contribution in [0, 0.1) is 0 Å². The SMILES string of the molecule is CCCN(c1nc(CCl)cc2ccccc12)C1CC1. The van der Waals surface area contributed by atoms with Gasteiger partial charge in [0.05, 0.1) is 11.6 Å². The average Bonchev–Trinajstić information content (AvgIpc) is 3.28. The number of anilines is 1. The van der Waals surface area contributed by atoms with Crippen LogP contribution >= 0.6 is 11.6 Å². The van der Waals surface area contributed by atoms with Gasteiger partial charge < -0.3 is 4.90 Å². The predicted octanol–water partition coefficient (Wildman–Crippen LogP) is 4.35. The van der Waals surface area contributed by atoms with E-state index in [0.717, 1.165) is 24.5 Å². The van der Waals surface area contributed by atoms with E-state index < -0.39 is 0 Å². The van der Waals surface area contributed by atoms with E-state index in [1.807, 2.05) is 0 Å². The van der Waals surface area contributed by atoms with Gasteiger partial charge in [0.2, 0.25) is 0 Å². The van der Waals surface area contributed by atoms with E-state index in [2.05, 4.69) is 42.2 Å². The van der Waals surface area contributed by atoms with Crippen molar-refractivity contribution in [1.29, 1.82) is 0 Å². The number of aromatic nitrogens is 1. The van der Waals surface area contributed by atoms with Crippen molar-refractivity contribution in [2.45, 2.75) is 38.1 Å². The summed E-state index contributed by atoms with van der Waals surface area (Å²) in [6.07, 6.45) is 3.74. The third-order valence-corrected chi connectivity index (χ3v) is 3.91. The Balaban J connectivity index is 2.13.